The smallest absolute Gasteiger partial charge is 0.345 e. The lowest BCUT2D eigenvalue weighted by Crippen LogP contribution is -2.36. The molecule has 0 radical (unpaired) electrons. The molecule has 2 aromatic heterocycles. The van der Waals surface area contributed by atoms with Crippen molar-refractivity contribution in [3.8, 4) is 23.2 Å². The van der Waals surface area contributed by atoms with E-state index in [4.69, 9.17) is 19.2 Å². The van der Waals surface area contributed by atoms with Crippen LogP contribution in [0, 0.1) is 11.3 Å². The van der Waals surface area contributed by atoms with Gasteiger partial charge in [0.05, 0.1) is 18.9 Å². The summed E-state index contributed by atoms with van der Waals surface area (Å²) in [6.45, 7) is 4.65. The highest BCUT2D eigenvalue weighted by molar-refractivity contribution is 7.13. The average Bonchev–Trinajstić information content (AvgIpc) is 3.42. The number of anilines is 1. The minimum atomic E-state index is -0.966. The van der Waals surface area contributed by atoms with Crippen molar-refractivity contribution in [2.24, 2.45) is 0 Å². The summed E-state index contributed by atoms with van der Waals surface area (Å²) in [6, 6.07) is 15.9. The lowest BCUT2D eigenvalue weighted by molar-refractivity contribution is 0.0702. The standard InChI is InChI=1S/C27H27N3O5S/c28-16-23-22(18-7-11-33-12-8-18)15-24(19-1-3-20(4-2-19)30-9-13-34-14-10-30)29-26(23)35-17-21-5-6-25(36-21)27(31)32/h1-6,15,18H,7-14,17H2,(H,31,32). The molecule has 186 valence electrons. The molecule has 36 heavy (non-hydrogen) atoms. The number of benzene rings is 1. The predicted molar refractivity (Wildman–Crippen MR) is 136 cm³/mol. The van der Waals surface area contributed by atoms with Gasteiger partial charge in [0.1, 0.15) is 23.1 Å². The number of carbonyl (C=O) groups is 1. The molecule has 1 N–H and O–H groups in total. The Morgan fingerprint density at radius 2 is 1.83 bits per heavy atom. The van der Waals surface area contributed by atoms with Crippen LogP contribution in [0.5, 0.6) is 5.88 Å². The molecule has 0 saturated carbocycles. The number of carboxylic acids is 1. The van der Waals surface area contributed by atoms with E-state index in [1.165, 1.54) is 0 Å². The Bertz CT molecular complexity index is 1260. The minimum absolute atomic E-state index is 0.145. The van der Waals surface area contributed by atoms with E-state index in [0.717, 1.165) is 77.9 Å². The van der Waals surface area contributed by atoms with E-state index in [-0.39, 0.29) is 23.3 Å². The van der Waals surface area contributed by atoms with Crippen LogP contribution in [0.25, 0.3) is 11.3 Å². The van der Waals surface area contributed by atoms with Gasteiger partial charge in [0.25, 0.3) is 0 Å². The van der Waals surface area contributed by atoms with Crippen molar-refractivity contribution < 1.29 is 24.1 Å². The Kier molecular flexibility index (Phi) is 7.47. The first kappa shape index (κ1) is 24.3. The minimum Gasteiger partial charge on any atom is -0.477 e. The van der Waals surface area contributed by atoms with Crippen molar-refractivity contribution in [3.63, 3.8) is 0 Å². The number of hydrogen-bond donors (Lipinski definition) is 1. The van der Waals surface area contributed by atoms with E-state index in [0.29, 0.717) is 18.8 Å². The van der Waals surface area contributed by atoms with Gasteiger partial charge in [0.15, 0.2) is 0 Å². The summed E-state index contributed by atoms with van der Waals surface area (Å²) < 4.78 is 17.1. The fourth-order valence-electron chi connectivity index (χ4n) is 4.61. The van der Waals surface area contributed by atoms with Crippen LogP contribution in [0.4, 0.5) is 5.69 Å². The van der Waals surface area contributed by atoms with Crippen molar-refractivity contribution >= 4 is 23.0 Å². The molecule has 3 aromatic rings. The average molecular weight is 506 g/mol. The fourth-order valence-corrected chi connectivity index (χ4v) is 5.37. The van der Waals surface area contributed by atoms with Crippen molar-refractivity contribution in [3.05, 3.63) is 63.3 Å². The van der Waals surface area contributed by atoms with Gasteiger partial charge in [-0.3, -0.25) is 0 Å². The summed E-state index contributed by atoms with van der Waals surface area (Å²) in [5.41, 5.74) is 4.19. The maximum atomic E-state index is 11.2. The molecule has 0 spiro atoms. The third-order valence-corrected chi connectivity index (χ3v) is 7.60. The molecule has 2 fully saturated rings. The first-order valence-electron chi connectivity index (χ1n) is 12.0. The van der Waals surface area contributed by atoms with Crippen molar-refractivity contribution in [2.45, 2.75) is 25.4 Å². The van der Waals surface area contributed by atoms with Gasteiger partial charge in [0, 0.05) is 42.4 Å². The monoisotopic (exact) mass is 505 g/mol. The molecule has 2 aliphatic heterocycles. The maximum Gasteiger partial charge on any atom is 0.345 e. The van der Waals surface area contributed by atoms with Gasteiger partial charge >= 0.3 is 5.97 Å². The first-order chi connectivity index (χ1) is 17.6. The van der Waals surface area contributed by atoms with E-state index in [9.17, 15) is 15.2 Å². The second-order valence-electron chi connectivity index (χ2n) is 8.78. The zero-order valence-corrected chi connectivity index (χ0v) is 20.6. The van der Waals surface area contributed by atoms with Crippen molar-refractivity contribution in [1.82, 2.24) is 4.98 Å². The Labute approximate surface area is 213 Å². The van der Waals surface area contributed by atoms with Crippen LogP contribution in [0.15, 0.2) is 42.5 Å². The van der Waals surface area contributed by atoms with Crippen LogP contribution in [0.1, 0.15) is 44.4 Å². The molecule has 0 amide bonds. The molecular formula is C27H27N3O5S. The third-order valence-electron chi connectivity index (χ3n) is 6.55. The van der Waals surface area contributed by atoms with E-state index in [1.807, 2.05) is 6.07 Å². The Morgan fingerprint density at radius 3 is 2.50 bits per heavy atom. The van der Waals surface area contributed by atoms with E-state index in [2.05, 4.69) is 35.2 Å². The zero-order chi connectivity index (χ0) is 24.9. The van der Waals surface area contributed by atoms with Gasteiger partial charge in [-0.2, -0.15) is 5.26 Å². The summed E-state index contributed by atoms with van der Waals surface area (Å²) in [5.74, 6) is -0.504. The van der Waals surface area contributed by atoms with E-state index >= 15 is 0 Å². The van der Waals surface area contributed by atoms with Crippen LogP contribution in [0.2, 0.25) is 0 Å². The number of nitrogens with zero attached hydrogens (tertiary/aromatic N) is 3. The van der Waals surface area contributed by atoms with Gasteiger partial charge in [-0.05, 0) is 54.7 Å². The van der Waals surface area contributed by atoms with Crippen molar-refractivity contribution in [1.29, 1.82) is 5.26 Å². The number of aromatic nitrogens is 1. The van der Waals surface area contributed by atoms with Gasteiger partial charge in [0.2, 0.25) is 5.88 Å². The Balaban J connectivity index is 1.47. The molecule has 0 bridgehead atoms. The summed E-state index contributed by atoms with van der Waals surface area (Å²) in [6.07, 6.45) is 1.67. The number of ether oxygens (including phenoxy) is 3. The van der Waals surface area contributed by atoms with Crippen LogP contribution < -0.4 is 9.64 Å². The lowest BCUT2D eigenvalue weighted by Gasteiger charge is -2.29. The quantitative estimate of drug-likeness (QED) is 0.493. The molecule has 0 aliphatic carbocycles. The van der Waals surface area contributed by atoms with Gasteiger partial charge < -0.3 is 24.2 Å². The second kappa shape index (κ2) is 11.1. The largest absolute Gasteiger partial charge is 0.477 e. The molecule has 1 aromatic carbocycles. The fraction of sp³-hybridized carbons (Fsp3) is 0.370. The predicted octanol–water partition coefficient (Wildman–Crippen LogP) is 4.69. The van der Waals surface area contributed by atoms with Gasteiger partial charge in [-0.25, -0.2) is 9.78 Å². The maximum absolute atomic E-state index is 11.2. The number of aromatic carboxylic acids is 1. The molecule has 0 atom stereocenters. The van der Waals surface area contributed by atoms with Gasteiger partial charge in [-0.1, -0.05) is 12.1 Å². The molecular weight excluding hydrogens is 478 g/mol. The molecule has 0 unspecified atom stereocenters. The van der Waals surface area contributed by atoms with Crippen LogP contribution in [0.3, 0.4) is 0 Å². The van der Waals surface area contributed by atoms with E-state index in [1.54, 1.807) is 12.1 Å². The second-order valence-corrected chi connectivity index (χ2v) is 9.95. The van der Waals surface area contributed by atoms with Crippen LogP contribution in [-0.4, -0.2) is 55.6 Å². The van der Waals surface area contributed by atoms with Crippen LogP contribution >= 0.6 is 11.3 Å². The Hall–Kier alpha value is -3.45. The van der Waals surface area contributed by atoms with E-state index < -0.39 is 5.97 Å². The molecule has 5 rings (SSSR count). The summed E-state index contributed by atoms with van der Waals surface area (Å²) >= 11 is 1.16. The number of carboxylic acid groups (broad SMARTS) is 1. The van der Waals surface area contributed by atoms with Gasteiger partial charge in [-0.15, -0.1) is 11.3 Å². The number of nitriles is 1. The number of pyridine rings is 1. The molecule has 9 heteroatoms. The first-order valence-corrected chi connectivity index (χ1v) is 12.8. The SMILES string of the molecule is N#Cc1c(C2CCOCC2)cc(-c2ccc(N3CCOCC3)cc2)nc1OCc1ccc(C(=O)O)s1. The zero-order valence-electron chi connectivity index (χ0n) is 19.8. The summed E-state index contributed by atoms with van der Waals surface area (Å²) in [7, 11) is 0. The number of hydrogen-bond acceptors (Lipinski definition) is 8. The normalized spacial score (nSPS) is 16.5. The number of thiophene rings is 1. The molecule has 2 aliphatic rings. The summed E-state index contributed by atoms with van der Waals surface area (Å²) in [5, 5.41) is 19.3. The topological polar surface area (TPSA) is 105 Å². The molecule has 8 nitrogen and oxygen atoms in total. The highest BCUT2D eigenvalue weighted by Gasteiger charge is 2.24. The highest BCUT2D eigenvalue weighted by Crippen LogP contribution is 2.36. The number of rotatable bonds is 7. The van der Waals surface area contributed by atoms with Crippen LogP contribution in [-0.2, 0) is 16.1 Å². The molecule has 4 heterocycles. The summed E-state index contributed by atoms with van der Waals surface area (Å²) in [4.78, 5) is 19.3. The lowest BCUT2D eigenvalue weighted by atomic mass is 9.88. The number of morpholine rings is 1. The molecule has 2 saturated heterocycles. The Morgan fingerprint density at radius 1 is 1.11 bits per heavy atom. The van der Waals surface area contributed by atoms with Crippen molar-refractivity contribution in [2.75, 3.05) is 44.4 Å². The highest BCUT2D eigenvalue weighted by atomic mass is 32.1. The third kappa shape index (κ3) is 5.36.